The molecule has 0 saturated heterocycles. The molecule has 1 N–H and O–H groups in total. The topological polar surface area (TPSA) is 84.1 Å². The number of fused-ring (bicyclic) bond motifs is 3. The number of amides is 1. The number of hydrogen-bond acceptors (Lipinski definition) is 7. The van der Waals surface area contributed by atoms with Crippen LogP contribution in [0.3, 0.4) is 0 Å². The van der Waals surface area contributed by atoms with Gasteiger partial charge in [-0.2, -0.15) is 5.10 Å². The van der Waals surface area contributed by atoms with Crippen molar-refractivity contribution in [2.75, 3.05) is 39.1 Å². The fourth-order valence-corrected chi connectivity index (χ4v) is 4.11. The molecule has 10 heteroatoms. The predicted octanol–water partition coefficient (Wildman–Crippen LogP) is 2.47. The number of aromatic nitrogens is 2. The van der Waals surface area contributed by atoms with Crippen molar-refractivity contribution in [1.29, 1.82) is 0 Å². The standard InChI is InChI=1S/C19H21ClN6O2S/c1-28-10-8-21-16(27)12-29-19-24-18-15(17-22-7-2-9-25(17)19)11-23-26(18)14-5-3-13(20)4-6-14/h3-6,11H,2,7-10,12H2,1H3,(H,21,27). The summed E-state index contributed by atoms with van der Waals surface area (Å²) >= 11 is 7.42. The third-order valence-electron chi connectivity index (χ3n) is 4.51. The van der Waals surface area contributed by atoms with E-state index in [1.165, 1.54) is 11.8 Å². The monoisotopic (exact) mass is 432 g/mol. The highest BCUT2D eigenvalue weighted by molar-refractivity contribution is 8.14. The molecular weight excluding hydrogens is 412 g/mol. The molecule has 0 spiro atoms. The maximum absolute atomic E-state index is 12.1. The van der Waals surface area contributed by atoms with Crippen molar-refractivity contribution in [1.82, 2.24) is 20.0 Å². The van der Waals surface area contributed by atoms with Crippen molar-refractivity contribution in [3.63, 3.8) is 0 Å². The van der Waals surface area contributed by atoms with Gasteiger partial charge in [0, 0.05) is 31.8 Å². The summed E-state index contributed by atoms with van der Waals surface area (Å²) in [5.41, 5.74) is 1.76. The fraction of sp³-hybridized carbons (Fsp3) is 0.368. The van der Waals surface area contributed by atoms with Crippen molar-refractivity contribution >= 4 is 46.1 Å². The number of ether oxygens (including phenoxy) is 1. The first-order chi connectivity index (χ1) is 14.2. The molecule has 29 heavy (non-hydrogen) atoms. The van der Waals surface area contributed by atoms with Crippen molar-refractivity contribution in [2.45, 2.75) is 6.42 Å². The lowest BCUT2D eigenvalue weighted by Crippen LogP contribution is -2.42. The minimum Gasteiger partial charge on any atom is -0.383 e. The molecule has 2 aromatic rings. The molecule has 0 bridgehead atoms. The average molecular weight is 433 g/mol. The summed E-state index contributed by atoms with van der Waals surface area (Å²) in [6.07, 6.45) is 2.74. The van der Waals surface area contributed by atoms with Gasteiger partial charge in [0.1, 0.15) is 5.84 Å². The van der Waals surface area contributed by atoms with E-state index in [2.05, 4.69) is 15.3 Å². The van der Waals surface area contributed by atoms with Crippen molar-refractivity contribution in [2.24, 2.45) is 9.98 Å². The normalized spacial score (nSPS) is 15.3. The van der Waals surface area contributed by atoms with Crippen LogP contribution in [0.15, 0.2) is 40.4 Å². The summed E-state index contributed by atoms with van der Waals surface area (Å²) in [5, 5.41) is 8.78. The zero-order valence-electron chi connectivity index (χ0n) is 16.0. The van der Waals surface area contributed by atoms with Crippen LogP contribution in [-0.2, 0) is 9.53 Å². The number of rotatable bonds is 6. The lowest BCUT2D eigenvalue weighted by atomic mass is 10.2. The maximum Gasteiger partial charge on any atom is 0.230 e. The Morgan fingerprint density at radius 2 is 2.17 bits per heavy atom. The summed E-state index contributed by atoms with van der Waals surface area (Å²) in [4.78, 5) is 23.7. The summed E-state index contributed by atoms with van der Waals surface area (Å²) in [5.74, 6) is 1.80. The molecule has 3 heterocycles. The molecule has 8 nitrogen and oxygen atoms in total. The lowest BCUT2D eigenvalue weighted by molar-refractivity contribution is -0.118. The summed E-state index contributed by atoms with van der Waals surface area (Å²) in [6, 6.07) is 7.44. The van der Waals surface area contributed by atoms with E-state index in [0.717, 1.165) is 41.8 Å². The maximum atomic E-state index is 12.1. The van der Waals surface area contributed by atoms with Crippen LogP contribution in [0.4, 0.5) is 5.82 Å². The van der Waals surface area contributed by atoms with E-state index >= 15 is 0 Å². The number of halogens is 1. The molecule has 2 aliphatic heterocycles. The van der Waals surface area contributed by atoms with E-state index in [4.69, 9.17) is 26.3 Å². The van der Waals surface area contributed by atoms with Gasteiger partial charge in [-0.3, -0.25) is 9.79 Å². The van der Waals surface area contributed by atoms with Crippen molar-refractivity contribution < 1.29 is 9.53 Å². The van der Waals surface area contributed by atoms with Crippen LogP contribution in [0.1, 0.15) is 12.0 Å². The highest BCUT2D eigenvalue weighted by Crippen LogP contribution is 2.33. The molecule has 0 unspecified atom stereocenters. The Balaban J connectivity index is 1.61. The van der Waals surface area contributed by atoms with Gasteiger partial charge in [-0.05, 0) is 30.7 Å². The minimum atomic E-state index is -0.0535. The number of nitrogens with zero attached hydrogens (tertiary/aromatic N) is 5. The first-order valence-electron chi connectivity index (χ1n) is 9.31. The second kappa shape index (κ2) is 8.98. The first-order valence-corrected chi connectivity index (χ1v) is 10.7. The first kappa shape index (κ1) is 19.9. The van der Waals surface area contributed by atoms with Gasteiger partial charge in [-0.15, -0.1) is 0 Å². The van der Waals surface area contributed by atoms with Crippen LogP contribution in [0.2, 0.25) is 5.02 Å². The van der Waals surface area contributed by atoms with Gasteiger partial charge in [-0.25, -0.2) is 9.67 Å². The summed E-state index contributed by atoms with van der Waals surface area (Å²) < 4.78 is 6.74. The zero-order chi connectivity index (χ0) is 20.2. The number of thioether (sulfide) groups is 1. The molecule has 152 valence electrons. The molecule has 2 aliphatic rings. The molecule has 1 aromatic heterocycles. The van der Waals surface area contributed by atoms with E-state index in [9.17, 15) is 4.79 Å². The predicted molar refractivity (Wildman–Crippen MR) is 116 cm³/mol. The van der Waals surface area contributed by atoms with Crippen LogP contribution >= 0.6 is 23.4 Å². The smallest absolute Gasteiger partial charge is 0.230 e. The second-order valence-electron chi connectivity index (χ2n) is 6.51. The van der Waals surface area contributed by atoms with Crippen LogP contribution in [0.25, 0.3) is 5.69 Å². The van der Waals surface area contributed by atoms with Gasteiger partial charge in [0.15, 0.2) is 11.0 Å². The quantitative estimate of drug-likeness (QED) is 0.709. The number of carbonyl (C=O) groups is 1. The highest BCUT2D eigenvalue weighted by atomic mass is 35.5. The van der Waals surface area contributed by atoms with Gasteiger partial charge in [0.2, 0.25) is 5.91 Å². The van der Waals surface area contributed by atoms with Gasteiger partial charge < -0.3 is 15.0 Å². The number of carbonyl (C=O) groups excluding carboxylic acids is 1. The fourth-order valence-electron chi connectivity index (χ4n) is 3.14. The zero-order valence-corrected chi connectivity index (χ0v) is 17.5. The van der Waals surface area contributed by atoms with E-state index in [0.29, 0.717) is 24.0 Å². The Kier molecular flexibility index (Phi) is 6.17. The minimum absolute atomic E-state index is 0.0535. The third kappa shape index (κ3) is 4.31. The highest BCUT2D eigenvalue weighted by Gasteiger charge is 2.31. The molecule has 4 rings (SSSR count). The van der Waals surface area contributed by atoms with E-state index in [1.807, 2.05) is 24.3 Å². The molecule has 0 atom stereocenters. The Morgan fingerprint density at radius 3 is 2.97 bits per heavy atom. The number of nitrogens with one attached hydrogen (secondary N) is 1. The van der Waals surface area contributed by atoms with E-state index < -0.39 is 0 Å². The number of benzene rings is 1. The van der Waals surface area contributed by atoms with E-state index in [1.54, 1.807) is 18.0 Å². The molecule has 1 aromatic carbocycles. The Bertz CT molecular complexity index is 956. The van der Waals surface area contributed by atoms with Gasteiger partial charge in [0.25, 0.3) is 0 Å². The Morgan fingerprint density at radius 1 is 1.34 bits per heavy atom. The molecule has 0 fully saturated rings. The summed E-state index contributed by atoms with van der Waals surface area (Å²) in [6.45, 7) is 2.57. The van der Waals surface area contributed by atoms with Crippen LogP contribution in [0.5, 0.6) is 0 Å². The molecule has 1 amide bonds. The van der Waals surface area contributed by atoms with Crippen molar-refractivity contribution in [3.05, 3.63) is 41.0 Å². The molecule has 0 saturated carbocycles. The van der Waals surface area contributed by atoms with Crippen LogP contribution < -0.4 is 5.32 Å². The average Bonchev–Trinajstić information content (AvgIpc) is 3.17. The number of amidine groups is 2. The summed E-state index contributed by atoms with van der Waals surface area (Å²) in [7, 11) is 1.61. The number of aliphatic imine (C=N–C) groups is 2. The largest absolute Gasteiger partial charge is 0.383 e. The number of hydrogen-bond donors (Lipinski definition) is 1. The SMILES string of the molecule is COCCNC(=O)CSC1=Nc2c(cnn2-c2ccc(Cl)cc2)C2=NCCCN12. The van der Waals surface area contributed by atoms with E-state index in [-0.39, 0.29) is 11.7 Å². The van der Waals surface area contributed by atoms with Gasteiger partial charge >= 0.3 is 0 Å². The van der Waals surface area contributed by atoms with Crippen LogP contribution in [0, 0.1) is 0 Å². The van der Waals surface area contributed by atoms with Gasteiger partial charge in [-0.1, -0.05) is 23.4 Å². The van der Waals surface area contributed by atoms with Crippen LogP contribution in [-0.4, -0.2) is 70.7 Å². The Labute approximate surface area is 178 Å². The Hall–Kier alpha value is -2.36. The third-order valence-corrected chi connectivity index (χ3v) is 5.73. The molecule has 0 radical (unpaired) electrons. The second-order valence-corrected chi connectivity index (χ2v) is 7.89. The molecular formula is C19H21ClN6O2S. The van der Waals surface area contributed by atoms with Gasteiger partial charge in [0.05, 0.1) is 29.8 Å². The number of methoxy groups -OCH3 is 1. The molecule has 0 aliphatic carbocycles. The van der Waals surface area contributed by atoms with Crippen molar-refractivity contribution in [3.8, 4) is 5.69 Å². The lowest BCUT2D eigenvalue weighted by Gasteiger charge is -2.32.